The van der Waals surface area contributed by atoms with E-state index in [9.17, 15) is 9.18 Å². The smallest absolute Gasteiger partial charge is 0.298 e. The molecule has 1 aliphatic rings. The molecule has 1 N–H and O–H groups in total. The SMILES string of the molecule is Cc1c(F)cccc1CN1CCCC(c2nn(-c3cccc4cnccc34)c(=O)[nH]2)C1. The summed E-state index contributed by atoms with van der Waals surface area (Å²) in [5.74, 6) is 0.671. The molecule has 0 aliphatic carbocycles. The lowest BCUT2D eigenvalue weighted by molar-refractivity contribution is 0.196. The number of aromatic nitrogens is 4. The Labute approximate surface area is 179 Å². The second-order valence-corrected chi connectivity index (χ2v) is 8.20. The van der Waals surface area contributed by atoms with Gasteiger partial charge in [-0.3, -0.25) is 14.9 Å². The van der Waals surface area contributed by atoms with E-state index in [-0.39, 0.29) is 17.4 Å². The first-order valence-corrected chi connectivity index (χ1v) is 10.6. The number of pyridine rings is 1. The minimum Gasteiger partial charge on any atom is -0.298 e. The van der Waals surface area contributed by atoms with Gasteiger partial charge < -0.3 is 0 Å². The molecule has 3 heterocycles. The van der Waals surface area contributed by atoms with Gasteiger partial charge in [0.2, 0.25) is 0 Å². The van der Waals surface area contributed by atoms with E-state index in [1.165, 1.54) is 10.7 Å². The van der Waals surface area contributed by atoms with E-state index in [1.807, 2.05) is 37.3 Å². The van der Waals surface area contributed by atoms with Crippen molar-refractivity contribution in [2.75, 3.05) is 13.1 Å². The molecular formula is C24H24FN5O. The fourth-order valence-electron chi connectivity index (χ4n) is 4.46. The zero-order valence-electron chi connectivity index (χ0n) is 17.4. The van der Waals surface area contributed by atoms with Crippen LogP contribution in [0.4, 0.5) is 4.39 Å². The Hall–Kier alpha value is -3.32. The van der Waals surface area contributed by atoms with Crippen LogP contribution >= 0.6 is 0 Å². The molecule has 5 rings (SSSR count). The van der Waals surface area contributed by atoms with Crippen LogP contribution in [0.1, 0.15) is 35.7 Å². The molecule has 1 fully saturated rings. The third-order valence-electron chi connectivity index (χ3n) is 6.19. The molecule has 1 saturated heterocycles. The number of hydrogen-bond donors (Lipinski definition) is 1. The summed E-state index contributed by atoms with van der Waals surface area (Å²) in [5.41, 5.74) is 2.21. The van der Waals surface area contributed by atoms with E-state index in [4.69, 9.17) is 0 Å². The van der Waals surface area contributed by atoms with Gasteiger partial charge in [0.25, 0.3) is 0 Å². The van der Waals surface area contributed by atoms with Gasteiger partial charge in [-0.2, -0.15) is 4.68 Å². The molecular weight excluding hydrogens is 393 g/mol. The standard InChI is InChI=1S/C24H24FN5O/c1-16-18(6-2-8-21(16)25)14-29-12-4-7-19(15-29)23-27-24(31)30(28-23)22-9-3-5-17-13-26-11-10-20(17)22/h2-3,5-6,8-11,13,19H,4,7,12,14-15H2,1H3,(H,27,28,31). The monoisotopic (exact) mass is 417 g/mol. The summed E-state index contributed by atoms with van der Waals surface area (Å²) < 4.78 is 15.4. The lowest BCUT2D eigenvalue weighted by Crippen LogP contribution is -2.34. The first kappa shape index (κ1) is 19.6. The van der Waals surface area contributed by atoms with E-state index >= 15 is 0 Å². The lowest BCUT2D eigenvalue weighted by Gasteiger charge is -2.32. The van der Waals surface area contributed by atoms with Crippen LogP contribution in [-0.4, -0.2) is 37.7 Å². The molecule has 0 bridgehead atoms. The second-order valence-electron chi connectivity index (χ2n) is 8.20. The predicted molar refractivity (Wildman–Crippen MR) is 118 cm³/mol. The largest absolute Gasteiger partial charge is 0.348 e. The van der Waals surface area contributed by atoms with Crippen molar-refractivity contribution >= 4 is 10.8 Å². The number of fused-ring (bicyclic) bond motifs is 1. The molecule has 0 radical (unpaired) electrons. The summed E-state index contributed by atoms with van der Waals surface area (Å²) in [6.07, 6.45) is 5.47. The second kappa shape index (κ2) is 8.07. The third kappa shape index (κ3) is 3.77. The minimum absolute atomic E-state index is 0.133. The average molecular weight is 417 g/mol. The highest BCUT2D eigenvalue weighted by Crippen LogP contribution is 2.27. The minimum atomic E-state index is -0.239. The number of likely N-dealkylation sites (tertiary alicyclic amines) is 1. The number of piperidine rings is 1. The summed E-state index contributed by atoms with van der Waals surface area (Å²) in [6, 6.07) is 12.9. The first-order valence-electron chi connectivity index (χ1n) is 10.6. The van der Waals surface area contributed by atoms with Gasteiger partial charge in [0.15, 0.2) is 0 Å². The van der Waals surface area contributed by atoms with E-state index in [0.717, 1.165) is 48.0 Å². The number of halogens is 1. The summed E-state index contributed by atoms with van der Waals surface area (Å²) in [4.78, 5) is 22.2. The van der Waals surface area contributed by atoms with Gasteiger partial charge in [-0.15, -0.1) is 5.10 Å². The Morgan fingerprint density at radius 3 is 2.97 bits per heavy atom. The number of nitrogens with one attached hydrogen (secondary N) is 1. The summed E-state index contributed by atoms with van der Waals surface area (Å²) in [6.45, 7) is 4.25. The van der Waals surface area contributed by atoms with Crippen molar-refractivity contribution in [1.29, 1.82) is 0 Å². The maximum Gasteiger partial charge on any atom is 0.348 e. The fraction of sp³-hybridized carbons (Fsp3) is 0.292. The van der Waals surface area contributed by atoms with E-state index in [0.29, 0.717) is 17.9 Å². The quantitative estimate of drug-likeness (QED) is 0.546. The molecule has 31 heavy (non-hydrogen) atoms. The fourth-order valence-corrected chi connectivity index (χ4v) is 4.46. The van der Waals surface area contributed by atoms with Gasteiger partial charge in [-0.25, -0.2) is 9.18 Å². The highest BCUT2D eigenvalue weighted by atomic mass is 19.1. The van der Waals surface area contributed by atoms with Crippen molar-refractivity contribution < 1.29 is 4.39 Å². The van der Waals surface area contributed by atoms with Gasteiger partial charge in [0, 0.05) is 42.2 Å². The third-order valence-corrected chi connectivity index (χ3v) is 6.19. The van der Waals surface area contributed by atoms with Gasteiger partial charge in [0.05, 0.1) is 5.69 Å². The molecule has 2 aromatic carbocycles. The van der Waals surface area contributed by atoms with Crippen LogP contribution in [-0.2, 0) is 6.54 Å². The van der Waals surface area contributed by atoms with Gasteiger partial charge in [-0.05, 0) is 55.6 Å². The van der Waals surface area contributed by atoms with Gasteiger partial charge in [-0.1, -0.05) is 24.3 Å². The zero-order chi connectivity index (χ0) is 21.4. The molecule has 0 spiro atoms. The van der Waals surface area contributed by atoms with E-state index in [2.05, 4.69) is 20.0 Å². The molecule has 158 valence electrons. The molecule has 1 atom stereocenters. The maximum absolute atomic E-state index is 13.9. The Bertz CT molecular complexity index is 1290. The van der Waals surface area contributed by atoms with Crippen molar-refractivity contribution in [1.82, 2.24) is 24.6 Å². The van der Waals surface area contributed by atoms with Crippen LogP contribution < -0.4 is 5.69 Å². The maximum atomic E-state index is 13.9. The Morgan fingerprint density at radius 1 is 1.19 bits per heavy atom. The van der Waals surface area contributed by atoms with Crippen molar-refractivity contribution in [3.05, 3.63) is 88.1 Å². The van der Waals surface area contributed by atoms with Crippen LogP contribution in [0, 0.1) is 12.7 Å². The number of benzene rings is 2. The molecule has 7 heteroatoms. The highest BCUT2D eigenvalue weighted by Gasteiger charge is 2.25. The molecule has 4 aromatic rings. The Kier molecular flexibility index (Phi) is 5.11. The van der Waals surface area contributed by atoms with E-state index < -0.39 is 0 Å². The van der Waals surface area contributed by atoms with Crippen molar-refractivity contribution in [3.63, 3.8) is 0 Å². The van der Waals surface area contributed by atoms with Crippen molar-refractivity contribution in [2.24, 2.45) is 0 Å². The predicted octanol–water partition coefficient (Wildman–Crippen LogP) is 3.94. The summed E-state index contributed by atoms with van der Waals surface area (Å²) >= 11 is 0. The Morgan fingerprint density at radius 2 is 2.06 bits per heavy atom. The topological polar surface area (TPSA) is 66.8 Å². The van der Waals surface area contributed by atoms with Gasteiger partial charge in [0.1, 0.15) is 11.6 Å². The molecule has 2 aromatic heterocycles. The number of H-pyrrole nitrogens is 1. The lowest BCUT2D eigenvalue weighted by atomic mass is 9.96. The number of nitrogens with zero attached hydrogens (tertiary/aromatic N) is 4. The normalized spacial score (nSPS) is 17.3. The van der Waals surface area contributed by atoms with Crippen LogP contribution in [0.25, 0.3) is 16.5 Å². The zero-order valence-corrected chi connectivity index (χ0v) is 17.4. The summed E-state index contributed by atoms with van der Waals surface area (Å²) in [5, 5.41) is 6.57. The molecule has 1 aliphatic heterocycles. The summed E-state index contributed by atoms with van der Waals surface area (Å²) in [7, 11) is 0. The first-order chi connectivity index (χ1) is 15.1. The Balaban J connectivity index is 1.41. The van der Waals surface area contributed by atoms with Crippen molar-refractivity contribution in [3.8, 4) is 5.69 Å². The number of hydrogen-bond acceptors (Lipinski definition) is 4. The van der Waals surface area contributed by atoms with Crippen LogP contribution in [0.5, 0.6) is 0 Å². The molecule has 0 saturated carbocycles. The average Bonchev–Trinajstić information content (AvgIpc) is 3.18. The van der Waals surface area contributed by atoms with Crippen molar-refractivity contribution in [2.45, 2.75) is 32.2 Å². The van der Waals surface area contributed by atoms with Crippen LogP contribution in [0.2, 0.25) is 0 Å². The molecule has 6 nitrogen and oxygen atoms in total. The number of rotatable bonds is 4. The molecule has 0 amide bonds. The van der Waals surface area contributed by atoms with E-state index in [1.54, 1.807) is 18.5 Å². The van der Waals surface area contributed by atoms with Gasteiger partial charge >= 0.3 is 5.69 Å². The van der Waals surface area contributed by atoms with Crippen LogP contribution in [0.15, 0.2) is 59.7 Å². The highest BCUT2D eigenvalue weighted by molar-refractivity contribution is 5.89. The number of aromatic amines is 1. The van der Waals surface area contributed by atoms with Crippen LogP contribution in [0.3, 0.4) is 0 Å². The molecule has 1 unspecified atom stereocenters.